The minimum atomic E-state index is -0.404. The first-order chi connectivity index (χ1) is 13.8. The van der Waals surface area contributed by atoms with Crippen molar-refractivity contribution in [3.63, 3.8) is 0 Å². The summed E-state index contributed by atoms with van der Waals surface area (Å²) in [6.07, 6.45) is -0.404. The molecule has 2 N–H and O–H groups in total. The summed E-state index contributed by atoms with van der Waals surface area (Å²) >= 11 is 1.51. The molecule has 6 heteroatoms. The van der Waals surface area contributed by atoms with E-state index in [2.05, 4.69) is 36.7 Å². The topological polar surface area (TPSA) is 69.2 Å². The predicted octanol–water partition coefficient (Wildman–Crippen LogP) is 4.43. The van der Waals surface area contributed by atoms with Gasteiger partial charge in [0.2, 0.25) is 0 Å². The summed E-state index contributed by atoms with van der Waals surface area (Å²) in [6, 6.07) is 8.09. The highest BCUT2D eigenvalue weighted by Crippen LogP contribution is 2.32. The Hall–Kier alpha value is -2.02. The van der Waals surface area contributed by atoms with Crippen LogP contribution in [0.2, 0.25) is 0 Å². The highest BCUT2D eigenvalue weighted by atomic mass is 32.1. The van der Waals surface area contributed by atoms with E-state index in [0.29, 0.717) is 30.2 Å². The highest BCUT2D eigenvalue weighted by molar-refractivity contribution is 7.17. The van der Waals surface area contributed by atoms with Gasteiger partial charge in [0.1, 0.15) is 10.7 Å². The number of aliphatic hydroxyl groups excluding tert-OH is 1. The first kappa shape index (κ1) is 21.7. The van der Waals surface area contributed by atoms with Gasteiger partial charge in [-0.05, 0) is 29.9 Å². The summed E-state index contributed by atoms with van der Waals surface area (Å²) in [7, 11) is 0. The molecule has 0 spiro atoms. The number of nitrogens with zero attached hydrogens (tertiary/aromatic N) is 2. The number of H-pyrrole nitrogens is 1. The van der Waals surface area contributed by atoms with Crippen molar-refractivity contribution < 1.29 is 5.11 Å². The molecule has 2 aromatic heterocycles. The van der Waals surface area contributed by atoms with Gasteiger partial charge in [0.25, 0.3) is 5.56 Å². The van der Waals surface area contributed by atoms with E-state index in [4.69, 9.17) is 4.98 Å². The fourth-order valence-corrected chi connectivity index (χ4v) is 4.51. The SMILES string of the molecule is Cc1ccccc1-c1csc2nc(CN(CC(C)C)CC(O)C(C)C)[nH]c(=O)c12. The number of nitrogens with one attached hydrogen (secondary N) is 1. The third-order valence-corrected chi connectivity index (χ3v) is 6.01. The van der Waals surface area contributed by atoms with Crippen LogP contribution in [0.25, 0.3) is 21.3 Å². The first-order valence-corrected chi connectivity index (χ1v) is 11.1. The molecule has 5 nitrogen and oxygen atoms in total. The van der Waals surface area contributed by atoms with Crippen LogP contribution in [0.1, 0.15) is 39.1 Å². The summed E-state index contributed by atoms with van der Waals surface area (Å²) in [5, 5.41) is 13.0. The van der Waals surface area contributed by atoms with Crippen LogP contribution >= 0.6 is 11.3 Å². The first-order valence-electron chi connectivity index (χ1n) is 10.2. The van der Waals surface area contributed by atoms with Gasteiger partial charge in [0.15, 0.2) is 0 Å². The smallest absolute Gasteiger partial charge is 0.260 e. The Bertz CT molecular complexity index is 1020. The zero-order valence-electron chi connectivity index (χ0n) is 17.9. The molecule has 0 amide bonds. The van der Waals surface area contributed by atoms with Crippen LogP contribution in [0, 0.1) is 18.8 Å². The molecule has 0 aliphatic rings. The Labute approximate surface area is 176 Å². The summed E-state index contributed by atoms with van der Waals surface area (Å²) < 4.78 is 0. The molecule has 0 radical (unpaired) electrons. The van der Waals surface area contributed by atoms with Crippen molar-refractivity contribution in [2.45, 2.75) is 47.3 Å². The molecule has 29 heavy (non-hydrogen) atoms. The van der Waals surface area contributed by atoms with Crippen molar-refractivity contribution in [2.24, 2.45) is 11.8 Å². The van der Waals surface area contributed by atoms with E-state index in [1.54, 1.807) is 0 Å². The molecule has 0 fully saturated rings. The Morgan fingerprint density at radius 1 is 1.14 bits per heavy atom. The normalized spacial score (nSPS) is 13.1. The lowest BCUT2D eigenvalue weighted by atomic mass is 10.0. The minimum absolute atomic E-state index is 0.0987. The number of thiophene rings is 1. The van der Waals surface area contributed by atoms with Gasteiger partial charge in [-0.1, -0.05) is 52.0 Å². The number of rotatable bonds is 8. The van der Waals surface area contributed by atoms with Crippen LogP contribution in [0.5, 0.6) is 0 Å². The van der Waals surface area contributed by atoms with Crippen LogP contribution in [-0.2, 0) is 6.54 Å². The number of benzene rings is 1. The number of fused-ring (bicyclic) bond motifs is 1. The molecular weight excluding hydrogens is 382 g/mol. The van der Waals surface area contributed by atoms with Crippen molar-refractivity contribution in [1.82, 2.24) is 14.9 Å². The third kappa shape index (κ3) is 5.13. The fraction of sp³-hybridized carbons (Fsp3) is 0.478. The molecule has 0 aliphatic heterocycles. The molecule has 3 rings (SSSR count). The number of aromatic nitrogens is 2. The molecular formula is C23H31N3O2S. The van der Waals surface area contributed by atoms with E-state index in [1.807, 2.05) is 37.4 Å². The average molecular weight is 414 g/mol. The fourth-order valence-electron chi connectivity index (χ4n) is 3.55. The number of hydrogen-bond donors (Lipinski definition) is 2. The van der Waals surface area contributed by atoms with E-state index in [1.165, 1.54) is 11.3 Å². The number of aromatic amines is 1. The summed E-state index contributed by atoms with van der Waals surface area (Å²) in [5.74, 6) is 1.30. The molecule has 3 aromatic rings. The maximum absolute atomic E-state index is 12.9. The minimum Gasteiger partial charge on any atom is -0.392 e. The van der Waals surface area contributed by atoms with Crippen LogP contribution in [-0.4, -0.2) is 39.2 Å². The van der Waals surface area contributed by atoms with E-state index < -0.39 is 6.10 Å². The molecule has 1 aromatic carbocycles. The Morgan fingerprint density at radius 3 is 2.52 bits per heavy atom. The van der Waals surface area contributed by atoms with Crippen LogP contribution in [0.4, 0.5) is 0 Å². The molecule has 1 atom stereocenters. The lowest BCUT2D eigenvalue weighted by Gasteiger charge is -2.27. The van der Waals surface area contributed by atoms with E-state index >= 15 is 0 Å². The van der Waals surface area contributed by atoms with Gasteiger partial charge < -0.3 is 10.1 Å². The second-order valence-electron chi connectivity index (χ2n) is 8.56. The van der Waals surface area contributed by atoms with Gasteiger partial charge >= 0.3 is 0 Å². The Balaban J connectivity index is 1.93. The molecule has 0 saturated heterocycles. The molecule has 0 bridgehead atoms. The summed E-state index contributed by atoms with van der Waals surface area (Å²) in [6.45, 7) is 12.3. The zero-order valence-corrected chi connectivity index (χ0v) is 18.7. The van der Waals surface area contributed by atoms with Gasteiger partial charge in [-0.3, -0.25) is 9.69 Å². The summed E-state index contributed by atoms with van der Waals surface area (Å²) in [4.78, 5) is 23.6. The Morgan fingerprint density at radius 2 is 1.86 bits per heavy atom. The van der Waals surface area contributed by atoms with Crippen molar-refractivity contribution in [3.05, 3.63) is 51.4 Å². The van der Waals surface area contributed by atoms with E-state index in [9.17, 15) is 9.90 Å². The van der Waals surface area contributed by atoms with Crippen molar-refractivity contribution >= 4 is 21.6 Å². The van der Waals surface area contributed by atoms with Crippen molar-refractivity contribution in [2.75, 3.05) is 13.1 Å². The largest absolute Gasteiger partial charge is 0.392 e. The monoisotopic (exact) mass is 413 g/mol. The van der Waals surface area contributed by atoms with Crippen LogP contribution in [0.15, 0.2) is 34.4 Å². The highest BCUT2D eigenvalue weighted by Gasteiger charge is 2.19. The zero-order chi connectivity index (χ0) is 21.1. The van der Waals surface area contributed by atoms with Crippen LogP contribution < -0.4 is 5.56 Å². The Kier molecular flexibility index (Phi) is 6.88. The number of aliphatic hydroxyl groups is 1. The van der Waals surface area contributed by atoms with Gasteiger partial charge in [-0.25, -0.2) is 4.98 Å². The van der Waals surface area contributed by atoms with Gasteiger partial charge in [-0.2, -0.15) is 0 Å². The molecule has 2 heterocycles. The lowest BCUT2D eigenvalue weighted by molar-refractivity contribution is 0.0671. The second-order valence-corrected chi connectivity index (χ2v) is 9.41. The molecule has 0 saturated carbocycles. The van der Waals surface area contributed by atoms with E-state index in [-0.39, 0.29) is 11.5 Å². The quantitative estimate of drug-likeness (QED) is 0.573. The predicted molar refractivity (Wildman–Crippen MR) is 121 cm³/mol. The van der Waals surface area contributed by atoms with Gasteiger partial charge in [-0.15, -0.1) is 11.3 Å². The maximum Gasteiger partial charge on any atom is 0.260 e. The number of hydrogen-bond acceptors (Lipinski definition) is 5. The lowest BCUT2D eigenvalue weighted by Crippen LogP contribution is -2.37. The maximum atomic E-state index is 12.9. The van der Waals surface area contributed by atoms with Crippen molar-refractivity contribution in [1.29, 1.82) is 0 Å². The number of aryl methyl sites for hydroxylation is 1. The van der Waals surface area contributed by atoms with Crippen molar-refractivity contribution in [3.8, 4) is 11.1 Å². The molecule has 156 valence electrons. The van der Waals surface area contributed by atoms with Crippen LogP contribution in [0.3, 0.4) is 0 Å². The summed E-state index contributed by atoms with van der Waals surface area (Å²) in [5.41, 5.74) is 3.05. The van der Waals surface area contributed by atoms with Gasteiger partial charge in [0, 0.05) is 24.0 Å². The second kappa shape index (κ2) is 9.20. The van der Waals surface area contributed by atoms with E-state index in [0.717, 1.165) is 28.1 Å². The van der Waals surface area contributed by atoms with Gasteiger partial charge in [0.05, 0.1) is 18.0 Å². The molecule has 1 unspecified atom stereocenters. The average Bonchev–Trinajstić information content (AvgIpc) is 3.05. The standard InChI is InChI=1S/C23H31N3O2S/c1-14(2)10-26(11-19(27)15(3)4)12-20-24-22(28)21-18(13-29-23(21)25-20)17-9-7-6-8-16(17)5/h6-9,13-15,19,27H,10-12H2,1-5H3,(H,24,25,28). The molecule has 0 aliphatic carbocycles. The third-order valence-electron chi connectivity index (χ3n) is 5.14.